The summed E-state index contributed by atoms with van der Waals surface area (Å²) in [5.41, 5.74) is 5.69. The number of hydrogen-bond acceptors (Lipinski definition) is 6. The van der Waals surface area contributed by atoms with E-state index >= 15 is 0 Å². The smallest absolute Gasteiger partial charge is 0.164 e. The molecule has 0 aliphatic carbocycles. The number of rotatable bonds is 6. The summed E-state index contributed by atoms with van der Waals surface area (Å²) in [6.45, 7) is 2.20. The Labute approximate surface area is 149 Å². The van der Waals surface area contributed by atoms with Crippen LogP contribution in [0.5, 0.6) is 5.75 Å². The SMILES string of the molecule is COCc1cc(C)nc(N/N=C\c2ccc(OC)c(Br)c2)c1C#N. The van der Waals surface area contributed by atoms with Gasteiger partial charge in [0.25, 0.3) is 0 Å². The predicted octanol–water partition coefficient (Wildman–Crippen LogP) is 3.63. The van der Waals surface area contributed by atoms with Gasteiger partial charge in [-0.05, 0) is 52.7 Å². The summed E-state index contributed by atoms with van der Waals surface area (Å²) in [5, 5.41) is 13.5. The molecular weight excluding hydrogens is 372 g/mol. The zero-order chi connectivity index (χ0) is 17.5. The molecule has 1 aromatic heterocycles. The average Bonchev–Trinajstić information content (AvgIpc) is 2.55. The van der Waals surface area contributed by atoms with Crippen LogP contribution in [-0.4, -0.2) is 25.4 Å². The maximum atomic E-state index is 9.37. The Morgan fingerprint density at radius 3 is 2.79 bits per heavy atom. The molecule has 0 atom stereocenters. The molecule has 1 aromatic carbocycles. The minimum atomic E-state index is 0.343. The fraction of sp³-hybridized carbons (Fsp3) is 0.235. The van der Waals surface area contributed by atoms with Crippen molar-refractivity contribution in [3.63, 3.8) is 0 Å². The minimum absolute atomic E-state index is 0.343. The van der Waals surface area contributed by atoms with E-state index in [1.807, 2.05) is 31.2 Å². The molecule has 0 bridgehead atoms. The maximum Gasteiger partial charge on any atom is 0.164 e. The van der Waals surface area contributed by atoms with E-state index in [0.29, 0.717) is 18.0 Å². The van der Waals surface area contributed by atoms with Crippen molar-refractivity contribution >= 4 is 28.0 Å². The van der Waals surface area contributed by atoms with Gasteiger partial charge in [-0.2, -0.15) is 10.4 Å². The van der Waals surface area contributed by atoms with Crippen molar-refractivity contribution in [2.24, 2.45) is 5.10 Å². The van der Waals surface area contributed by atoms with Crippen LogP contribution in [0.15, 0.2) is 33.8 Å². The van der Waals surface area contributed by atoms with Crippen LogP contribution >= 0.6 is 15.9 Å². The fourth-order valence-electron chi connectivity index (χ4n) is 2.15. The number of nitrogens with one attached hydrogen (secondary N) is 1. The first kappa shape index (κ1) is 17.9. The molecule has 2 aromatic rings. The quantitative estimate of drug-likeness (QED) is 0.603. The molecule has 0 aliphatic rings. The molecule has 0 radical (unpaired) electrons. The molecule has 0 amide bonds. The van der Waals surface area contributed by atoms with Crippen molar-refractivity contribution in [3.8, 4) is 11.8 Å². The van der Waals surface area contributed by atoms with E-state index in [1.165, 1.54) is 0 Å². The van der Waals surface area contributed by atoms with Crippen LogP contribution < -0.4 is 10.2 Å². The van der Waals surface area contributed by atoms with Gasteiger partial charge in [-0.1, -0.05) is 0 Å². The third kappa shape index (κ3) is 4.31. The summed E-state index contributed by atoms with van der Waals surface area (Å²) >= 11 is 3.43. The molecule has 124 valence electrons. The van der Waals surface area contributed by atoms with E-state index in [4.69, 9.17) is 9.47 Å². The van der Waals surface area contributed by atoms with Crippen LogP contribution in [0.1, 0.15) is 22.4 Å². The number of aromatic nitrogens is 1. The predicted molar refractivity (Wildman–Crippen MR) is 96.3 cm³/mol. The van der Waals surface area contributed by atoms with Gasteiger partial charge in [0.2, 0.25) is 0 Å². The standard InChI is InChI=1S/C17H17BrN4O2/c1-11-6-13(10-23-2)14(8-19)17(21-11)22-20-9-12-4-5-16(24-3)15(18)7-12/h4-7,9H,10H2,1-3H3,(H,21,22)/b20-9-. The van der Waals surface area contributed by atoms with Crippen molar-refractivity contribution in [2.45, 2.75) is 13.5 Å². The van der Waals surface area contributed by atoms with Crippen molar-refractivity contribution < 1.29 is 9.47 Å². The monoisotopic (exact) mass is 388 g/mol. The van der Waals surface area contributed by atoms with Gasteiger partial charge in [-0.25, -0.2) is 4.98 Å². The number of methoxy groups -OCH3 is 2. The van der Waals surface area contributed by atoms with Gasteiger partial charge >= 0.3 is 0 Å². The Morgan fingerprint density at radius 2 is 2.17 bits per heavy atom. The Morgan fingerprint density at radius 1 is 1.38 bits per heavy atom. The lowest BCUT2D eigenvalue weighted by Gasteiger charge is -2.09. The first-order valence-corrected chi connectivity index (χ1v) is 7.90. The molecule has 1 heterocycles. The van der Waals surface area contributed by atoms with E-state index in [-0.39, 0.29) is 0 Å². The third-order valence-corrected chi connectivity index (χ3v) is 3.82. The zero-order valence-electron chi connectivity index (χ0n) is 13.6. The molecule has 24 heavy (non-hydrogen) atoms. The summed E-state index contributed by atoms with van der Waals surface area (Å²) in [6.07, 6.45) is 1.64. The number of ether oxygens (including phenoxy) is 2. The van der Waals surface area contributed by atoms with Crippen LogP contribution in [0.4, 0.5) is 5.82 Å². The number of nitriles is 1. The second kappa shape index (κ2) is 8.43. The molecule has 0 fully saturated rings. The zero-order valence-corrected chi connectivity index (χ0v) is 15.2. The van der Waals surface area contributed by atoms with E-state index < -0.39 is 0 Å². The van der Waals surface area contributed by atoms with Gasteiger partial charge in [0.15, 0.2) is 5.82 Å². The van der Waals surface area contributed by atoms with Crippen molar-refractivity contribution in [3.05, 3.63) is 51.1 Å². The van der Waals surface area contributed by atoms with E-state index in [2.05, 4.69) is 37.5 Å². The highest BCUT2D eigenvalue weighted by molar-refractivity contribution is 9.10. The van der Waals surface area contributed by atoms with Gasteiger partial charge in [0.05, 0.1) is 24.4 Å². The van der Waals surface area contributed by atoms with E-state index in [9.17, 15) is 5.26 Å². The molecule has 0 aliphatic heterocycles. The Balaban J connectivity index is 2.22. The third-order valence-electron chi connectivity index (χ3n) is 3.20. The van der Waals surface area contributed by atoms with Crippen LogP contribution in [0.3, 0.4) is 0 Å². The van der Waals surface area contributed by atoms with Gasteiger partial charge in [0.1, 0.15) is 17.4 Å². The summed E-state index contributed by atoms with van der Waals surface area (Å²) in [5.74, 6) is 1.16. The lowest BCUT2D eigenvalue weighted by molar-refractivity contribution is 0.184. The Kier molecular flexibility index (Phi) is 6.29. The summed E-state index contributed by atoms with van der Waals surface area (Å²) in [4.78, 5) is 4.33. The van der Waals surface area contributed by atoms with Crippen LogP contribution in [0, 0.1) is 18.3 Å². The Bertz CT molecular complexity index is 800. The first-order chi connectivity index (χ1) is 11.6. The molecule has 1 N–H and O–H groups in total. The molecule has 7 heteroatoms. The van der Waals surface area contributed by atoms with Crippen LogP contribution in [0.25, 0.3) is 0 Å². The van der Waals surface area contributed by atoms with Gasteiger partial charge in [-0.3, -0.25) is 5.43 Å². The highest BCUT2D eigenvalue weighted by Gasteiger charge is 2.10. The second-order valence-electron chi connectivity index (χ2n) is 4.96. The number of hydrogen-bond donors (Lipinski definition) is 1. The number of aryl methyl sites for hydroxylation is 1. The van der Waals surface area contributed by atoms with Gasteiger partial charge < -0.3 is 9.47 Å². The number of benzene rings is 1. The lowest BCUT2D eigenvalue weighted by atomic mass is 10.1. The van der Waals surface area contributed by atoms with Crippen molar-refractivity contribution in [2.75, 3.05) is 19.6 Å². The van der Waals surface area contributed by atoms with E-state index in [1.54, 1.807) is 20.4 Å². The average molecular weight is 389 g/mol. The van der Waals surface area contributed by atoms with Crippen molar-refractivity contribution in [1.82, 2.24) is 4.98 Å². The molecule has 0 saturated heterocycles. The largest absolute Gasteiger partial charge is 0.496 e. The maximum absolute atomic E-state index is 9.37. The number of anilines is 1. The van der Waals surface area contributed by atoms with Crippen LogP contribution in [0.2, 0.25) is 0 Å². The number of hydrazone groups is 1. The lowest BCUT2D eigenvalue weighted by Crippen LogP contribution is -2.03. The normalized spacial score (nSPS) is 10.6. The summed E-state index contributed by atoms with van der Waals surface area (Å²) in [7, 11) is 3.20. The molecule has 0 saturated carbocycles. The van der Waals surface area contributed by atoms with Gasteiger partial charge in [0, 0.05) is 18.4 Å². The highest BCUT2D eigenvalue weighted by atomic mass is 79.9. The topological polar surface area (TPSA) is 79.5 Å². The first-order valence-electron chi connectivity index (χ1n) is 7.11. The Hall–Kier alpha value is -2.43. The highest BCUT2D eigenvalue weighted by Crippen LogP contribution is 2.25. The second-order valence-corrected chi connectivity index (χ2v) is 5.81. The molecule has 6 nitrogen and oxygen atoms in total. The molecule has 2 rings (SSSR count). The summed E-state index contributed by atoms with van der Waals surface area (Å²) < 4.78 is 11.2. The summed E-state index contributed by atoms with van der Waals surface area (Å²) in [6, 6.07) is 9.58. The fourth-order valence-corrected chi connectivity index (χ4v) is 2.71. The number of pyridine rings is 1. The minimum Gasteiger partial charge on any atom is -0.496 e. The van der Waals surface area contributed by atoms with Crippen molar-refractivity contribution in [1.29, 1.82) is 5.26 Å². The van der Waals surface area contributed by atoms with E-state index in [0.717, 1.165) is 27.0 Å². The number of nitrogens with zero attached hydrogens (tertiary/aromatic N) is 3. The molecular formula is C17H17BrN4O2. The van der Waals surface area contributed by atoms with Crippen LogP contribution in [-0.2, 0) is 11.3 Å². The number of halogens is 1. The molecule has 0 unspecified atom stereocenters. The van der Waals surface area contributed by atoms with Gasteiger partial charge in [-0.15, -0.1) is 0 Å². The molecule has 0 spiro atoms.